The minimum absolute atomic E-state index is 0.134. The van der Waals surface area contributed by atoms with Crippen LogP contribution in [-0.4, -0.2) is 56.3 Å². The lowest BCUT2D eigenvalue weighted by atomic mass is 10.0. The number of benzene rings is 2. The topological polar surface area (TPSA) is 42.0 Å². The molecule has 168 valence electrons. The van der Waals surface area contributed by atoms with Crippen molar-refractivity contribution in [3.8, 4) is 0 Å². The fourth-order valence-corrected chi connectivity index (χ4v) is 3.43. The third-order valence-corrected chi connectivity index (χ3v) is 4.86. The summed E-state index contributed by atoms with van der Waals surface area (Å²) in [6.45, 7) is 7.22. The number of carbonyl (C=O) groups is 1. The van der Waals surface area contributed by atoms with Crippen LogP contribution in [0.3, 0.4) is 0 Å². The van der Waals surface area contributed by atoms with E-state index in [2.05, 4.69) is 49.1 Å². The lowest BCUT2D eigenvalue weighted by Crippen LogP contribution is -2.35. The van der Waals surface area contributed by atoms with E-state index in [4.69, 9.17) is 9.47 Å². The van der Waals surface area contributed by atoms with Crippen LogP contribution < -0.4 is 0 Å². The molecule has 5 heteroatoms. The Hall–Kier alpha value is -2.63. The lowest BCUT2D eigenvalue weighted by molar-refractivity contribution is 0.0801. The molecule has 0 radical (unpaired) electrons. The number of cyclic esters (lactones) is 1. The van der Waals surface area contributed by atoms with Gasteiger partial charge in [-0.3, -0.25) is 4.90 Å². The van der Waals surface area contributed by atoms with Crippen molar-refractivity contribution >= 4 is 6.09 Å². The zero-order chi connectivity index (χ0) is 22.5. The van der Waals surface area contributed by atoms with E-state index in [9.17, 15) is 4.79 Å². The number of hydrogen-bond donors (Lipinski definition) is 0. The summed E-state index contributed by atoms with van der Waals surface area (Å²) in [7, 11) is 4.08. The molecule has 2 aromatic carbocycles. The largest absolute Gasteiger partial charge is 0.447 e. The summed E-state index contributed by atoms with van der Waals surface area (Å²) < 4.78 is 11.1. The normalized spacial score (nSPS) is 14.8. The Bertz CT molecular complexity index is 791. The Kier molecular flexibility index (Phi) is 10.8. The number of ether oxygens (including phenoxy) is 2. The fraction of sp³-hybridized carbons (Fsp3) is 0.423. The molecular formula is C26H36N2O3. The van der Waals surface area contributed by atoms with Crippen LogP contribution in [0.1, 0.15) is 24.5 Å². The highest BCUT2D eigenvalue weighted by molar-refractivity contribution is 5.71. The SMILES string of the molecule is CC/C=C(\C(COCc1ccccc1)CN(C)C)N1CCOC1=O.Cc1ccccc1. The molecule has 1 aliphatic rings. The van der Waals surface area contributed by atoms with Crippen LogP contribution >= 0.6 is 0 Å². The summed E-state index contributed by atoms with van der Waals surface area (Å²) in [6, 6.07) is 20.4. The van der Waals surface area contributed by atoms with Gasteiger partial charge in [-0.05, 0) is 33.0 Å². The predicted molar refractivity (Wildman–Crippen MR) is 126 cm³/mol. The lowest BCUT2D eigenvalue weighted by Gasteiger charge is -2.28. The van der Waals surface area contributed by atoms with Gasteiger partial charge in [0.05, 0.1) is 19.8 Å². The van der Waals surface area contributed by atoms with Crippen LogP contribution in [-0.2, 0) is 16.1 Å². The first-order valence-corrected chi connectivity index (χ1v) is 10.9. The van der Waals surface area contributed by atoms with Crippen molar-refractivity contribution in [2.45, 2.75) is 26.9 Å². The average molecular weight is 425 g/mol. The molecule has 0 bridgehead atoms. The van der Waals surface area contributed by atoms with Gasteiger partial charge in [0, 0.05) is 18.2 Å². The van der Waals surface area contributed by atoms with Crippen molar-refractivity contribution in [2.75, 3.05) is 40.4 Å². The smallest absolute Gasteiger partial charge is 0.414 e. The number of amides is 1. The fourth-order valence-electron chi connectivity index (χ4n) is 3.43. The van der Waals surface area contributed by atoms with Crippen molar-refractivity contribution in [2.24, 2.45) is 5.92 Å². The molecule has 0 aliphatic carbocycles. The van der Waals surface area contributed by atoms with E-state index in [1.54, 1.807) is 4.90 Å². The monoisotopic (exact) mass is 424 g/mol. The summed E-state index contributed by atoms with van der Waals surface area (Å²) in [4.78, 5) is 15.9. The van der Waals surface area contributed by atoms with Gasteiger partial charge < -0.3 is 14.4 Å². The van der Waals surface area contributed by atoms with E-state index in [0.717, 1.165) is 24.2 Å². The van der Waals surface area contributed by atoms with Crippen LogP contribution in [0.15, 0.2) is 72.4 Å². The highest BCUT2D eigenvalue weighted by Gasteiger charge is 2.30. The molecule has 0 aromatic heterocycles. The van der Waals surface area contributed by atoms with Crippen LogP contribution in [0.4, 0.5) is 4.79 Å². The number of aryl methyl sites for hydroxylation is 1. The molecule has 1 amide bonds. The maximum absolute atomic E-state index is 12.0. The minimum Gasteiger partial charge on any atom is -0.447 e. The summed E-state index contributed by atoms with van der Waals surface area (Å²) in [6.07, 6.45) is 2.75. The maximum Gasteiger partial charge on any atom is 0.414 e. The van der Waals surface area contributed by atoms with Crippen molar-refractivity contribution < 1.29 is 14.3 Å². The molecule has 1 fully saturated rings. The van der Waals surface area contributed by atoms with Crippen molar-refractivity contribution in [3.05, 3.63) is 83.6 Å². The van der Waals surface area contributed by atoms with Gasteiger partial charge in [0.2, 0.25) is 0 Å². The Morgan fingerprint density at radius 3 is 2.26 bits per heavy atom. The number of nitrogens with zero attached hydrogens (tertiary/aromatic N) is 2. The maximum atomic E-state index is 12.0. The number of hydrogen-bond acceptors (Lipinski definition) is 4. The van der Waals surface area contributed by atoms with Crippen LogP contribution in [0.25, 0.3) is 0 Å². The summed E-state index contributed by atoms with van der Waals surface area (Å²) >= 11 is 0. The second kappa shape index (κ2) is 13.6. The first-order chi connectivity index (χ1) is 15.0. The molecular weight excluding hydrogens is 388 g/mol. The minimum atomic E-state index is -0.249. The van der Waals surface area contributed by atoms with Crippen LogP contribution in [0, 0.1) is 12.8 Å². The molecule has 0 saturated carbocycles. The molecule has 2 aromatic rings. The Morgan fingerprint density at radius 2 is 1.77 bits per heavy atom. The van der Waals surface area contributed by atoms with Crippen molar-refractivity contribution in [1.82, 2.24) is 9.80 Å². The van der Waals surface area contributed by atoms with Gasteiger partial charge in [-0.2, -0.15) is 0 Å². The second-order valence-corrected chi connectivity index (χ2v) is 7.92. The average Bonchev–Trinajstić information content (AvgIpc) is 3.18. The molecule has 1 heterocycles. The molecule has 0 N–H and O–H groups in total. The van der Waals surface area contributed by atoms with E-state index < -0.39 is 0 Å². The molecule has 3 rings (SSSR count). The molecule has 31 heavy (non-hydrogen) atoms. The summed E-state index contributed by atoms with van der Waals surface area (Å²) in [5.74, 6) is 0.134. The quantitative estimate of drug-likeness (QED) is 0.560. The van der Waals surface area contributed by atoms with Gasteiger partial charge in [0.1, 0.15) is 6.61 Å². The van der Waals surface area contributed by atoms with Crippen LogP contribution in [0.5, 0.6) is 0 Å². The van der Waals surface area contributed by atoms with E-state index in [1.165, 1.54) is 5.56 Å². The van der Waals surface area contributed by atoms with Gasteiger partial charge in [-0.1, -0.05) is 79.2 Å². The van der Waals surface area contributed by atoms with E-state index in [-0.39, 0.29) is 12.0 Å². The predicted octanol–water partition coefficient (Wildman–Crippen LogP) is 5.12. The van der Waals surface area contributed by atoms with E-state index in [0.29, 0.717) is 26.4 Å². The first-order valence-electron chi connectivity index (χ1n) is 10.9. The third kappa shape index (κ3) is 8.95. The summed E-state index contributed by atoms with van der Waals surface area (Å²) in [5.41, 5.74) is 3.49. The molecule has 1 atom stereocenters. The van der Waals surface area contributed by atoms with E-state index in [1.807, 2.05) is 50.5 Å². The van der Waals surface area contributed by atoms with Gasteiger partial charge in [0.25, 0.3) is 0 Å². The zero-order valence-electron chi connectivity index (χ0n) is 19.3. The summed E-state index contributed by atoms with van der Waals surface area (Å²) in [5, 5.41) is 0. The molecule has 1 aliphatic heterocycles. The number of carbonyl (C=O) groups excluding carboxylic acids is 1. The number of allylic oxidation sites excluding steroid dienone is 1. The van der Waals surface area contributed by atoms with Crippen molar-refractivity contribution in [3.63, 3.8) is 0 Å². The zero-order valence-corrected chi connectivity index (χ0v) is 19.3. The van der Waals surface area contributed by atoms with Crippen LogP contribution in [0.2, 0.25) is 0 Å². The molecule has 0 spiro atoms. The first kappa shape index (κ1) is 24.6. The second-order valence-electron chi connectivity index (χ2n) is 7.92. The molecule has 1 unspecified atom stereocenters. The number of rotatable bonds is 9. The van der Waals surface area contributed by atoms with Gasteiger partial charge >= 0.3 is 6.09 Å². The van der Waals surface area contributed by atoms with Gasteiger partial charge in [-0.15, -0.1) is 0 Å². The standard InChI is InChI=1S/C19H28N2O3.C7H8/c1-4-8-18(21-11-12-24-19(21)22)17(13-20(2)3)15-23-14-16-9-6-5-7-10-16;1-7-5-3-2-4-6-7/h5-10,17H,4,11-15H2,1-3H3;2-6H,1H3/b18-8+;. The van der Waals surface area contributed by atoms with Gasteiger partial charge in [-0.25, -0.2) is 4.79 Å². The molecule has 1 saturated heterocycles. The third-order valence-electron chi connectivity index (χ3n) is 4.86. The Balaban J connectivity index is 0.000000412. The highest BCUT2D eigenvalue weighted by Crippen LogP contribution is 2.22. The van der Waals surface area contributed by atoms with E-state index >= 15 is 0 Å². The Morgan fingerprint density at radius 1 is 1.13 bits per heavy atom. The Labute approximate surface area is 187 Å². The van der Waals surface area contributed by atoms with Gasteiger partial charge in [0.15, 0.2) is 0 Å². The molecule has 5 nitrogen and oxygen atoms in total. The van der Waals surface area contributed by atoms with Crippen molar-refractivity contribution in [1.29, 1.82) is 0 Å². The highest BCUT2D eigenvalue weighted by atomic mass is 16.6.